The molecular formula is C74H92N2O24P4S2-4. The van der Waals surface area contributed by atoms with Crippen molar-refractivity contribution in [3.05, 3.63) is 153 Å². The number of amides is 2. The Labute approximate surface area is 624 Å². The highest BCUT2D eigenvalue weighted by atomic mass is 33.1. The Kier molecular flexibility index (Phi) is 35.0. The van der Waals surface area contributed by atoms with Gasteiger partial charge in [-0.15, -0.1) is 0 Å². The van der Waals surface area contributed by atoms with Gasteiger partial charge >= 0.3 is 0 Å². The van der Waals surface area contributed by atoms with Crippen molar-refractivity contribution in [2.75, 3.05) is 77.5 Å². The quantitative estimate of drug-likeness (QED) is 0.0119. The molecule has 0 saturated heterocycles. The SMILES string of the molecule is CCCCCCSSCCCCCCOP(=O)([O-])OCCOP(=O)([O-])OCC(CCCCNC(=O)c1cccc(-c2c3ccc(=O)cc-3oc3cc(O)ccc23)c1)COP(=O)([O-])OCCCCCCOP(=O)([O-])OCC(C)CCCCNC(=O)c1cccc(-c2c3ccc(=O)cc-3oc3cc(O)ccc23)c1. The van der Waals surface area contributed by atoms with Crippen LogP contribution in [0, 0.1) is 11.8 Å². The molecule has 0 radical (unpaired) electrons. The molecule has 6 atom stereocenters. The second kappa shape index (κ2) is 43.4. The molecule has 26 nitrogen and oxygen atoms in total. The van der Waals surface area contributed by atoms with Crippen molar-refractivity contribution in [3.8, 4) is 56.4 Å². The van der Waals surface area contributed by atoms with E-state index in [4.69, 9.17) is 45.0 Å². The third-order valence-electron chi connectivity index (χ3n) is 17.0. The number of hydrogen-bond donors (Lipinski definition) is 4. The Morgan fingerprint density at radius 1 is 0.453 bits per heavy atom. The summed E-state index contributed by atoms with van der Waals surface area (Å²) in [5.41, 5.74) is 4.92. The van der Waals surface area contributed by atoms with Crippen molar-refractivity contribution in [2.45, 2.75) is 129 Å². The van der Waals surface area contributed by atoms with E-state index in [2.05, 4.69) is 17.6 Å². The van der Waals surface area contributed by atoms with Crippen LogP contribution in [0.1, 0.15) is 150 Å². The van der Waals surface area contributed by atoms with Crippen LogP contribution in [-0.4, -0.2) is 99.5 Å². The monoisotopic (exact) mass is 1580 g/mol. The molecule has 2 aliphatic heterocycles. The maximum absolute atomic E-state index is 13.6. The van der Waals surface area contributed by atoms with Crippen LogP contribution in [0.2, 0.25) is 0 Å². The Morgan fingerprint density at radius 3 is 1.31 bits per heavy atom. The number of carbonyl (C=O) groups excluding carboxylic acids is 2. The number of unbranched alkanes of at least 4 members (excludes halogenated alkanes) is 11. The number of phenols is 2. The third-order valence-corrected chi connectivity index (χ3v) is 23.5. The zero-order chi connectivity index (χ0) is 76.0. The van der Waals surface area contributed by atoms with E-state index < -0.39 is 69.5 Å². The number of fused-ring (bicyclic) bond motifs is 4. The summed E-state index contributed by atoms with van der Waals surface area (Å²) < 4.78 is 103. The van der Waals surface area contributed by atoms with Gasteiger partial charge in [0.25, 0.3) is 43.1 Å². The molecule has 2 heterocycles. The first-order valence-electron chi connectivity index (χ1n) is 35.7. The maximum atomic E-state index is 13.6. The van der Waals surface area contributed by atoms with E-state index in [0.717, 1.165) is 36.3 Å². The summed E-state index contributed by atoms with van der Waals surface area (Å²) in [5.74, 6) is 0.936. The second-order valence-corrected chi connectivity index (χ2v) is 34.0. The molecule has 4 N–H and O–H groups in total. The van der Waals surface area contributed by atoms with Gasteiger partial charge in [-0.25, -0.2) is 0 Å². The normalized spacial score (nSPS) is 14.7. The van der Waals surface area contributed by atoms with Gasteiger partial charge in [-0.3, -0.25) is 37.4 Å². The molecule has 4 aromatic rings. The first-order chi connectivity index (χ1) is 50.9. The molecular weight excluding hydrogens is 1490 g/mol. The van der Waals surface area contributed by atoms with E-state index in [1.54, 1.807) is 66.7 Å². The van der Waals surface area contributed by atoms with E-state index >= 15 is 0 Å². The van der Waals surface area contributed by atoms with E-state index in [0.29, 0.717) is 131 Å². The summed E-state index contributed by atoms with van der Waals surface area (Å²) in [5, 5.41) is 27.4. The maximum Gasteiger partial charge on any atom is 0.267 e. The molecule has 2 aliphatic carbocycles. The smallest absolute Gasteiger partial charge is 0.267 e. The van der Waals surface area contributed by atoms with Crippen molar-refractivity contribution in [1.29, 1.82) is 0 Å². The van der Waals surface area contributed by atoms with Crippen LogP contribution in [0.3, 0.4) is 0 Å². The van der Waals surface area contributed by atoms with Crippen LogP contribution in [0.5, 0.6) is 11.5 Å². The fourth-order valence-electron chi connectivity index (χ4n) is 11.5. The van der Waals surface area contributed by atoms with Crippen LogP contribution in [-0.2, 0) is 54.5 Å². The third kappa shape index (κ3) is 29.1. The number of hydrogen-bond acceptors (Lipinski definition) is 26. The Morgan fingerprint density at radius 2 is 0.858 bits per heavy atom. The van der Waals surface area contributed by atoms with Gasteiger partial charge in [-0.2, -0.15) is 0 Å². The van der Waals surface area contributed by atoms with Crippen molar-refractivity contribution in [1.82, 2.24) is 10.6 Å². The first-order valence-corrected chi connectivity index (χ1v) is 44.0. The average molecular weight is 1580 g/mol. The van der Waals surface area contributed by atoms with E-state index in [-0.39, 0.29) is 85.8 Å². The van der Waals surface area contributed by atoms with Gasteiger partial charge in [0.2, 0.25) is 0 Å². The van der Waals surface area contributed by atoms with E-state index in [9.17, 15) is 67.2 Å². The number of phosphoric ester groups is 4. The summed E-state index contributed by atoms with van der Waals surface area (Å²) >= 11 is 0. The van der Waals surface area contributed by atoms with Crippen LogP contribution in [0.15, 0.2) is 140 Å². The molecule has 6 unspecified atom stereocenters. The zero-order valence-electron chi connectivity index (χ0n) is 59.4. The number of carbonyl (C=O) groups is 2. The van der Waals surface area contributed by atoms with Crippen molar-refractivity contribution in [3.63, 3.8) is 0 Å². The summed E-state index contributed by atoms with van der Waals surface area (Å²) in [7, 11) is -15.8. The molecule has 2 amide bonds. The molecule has 4 aliphatic rings. The van der Waals surface area contributed by atoms with Gasteiger partial charge in [0.1, 0.15) is 34.2 Å². The lowest BCUT2D eigenvalue weighted by Gasteiger charge is -2.28. The summed E-state index contributed by atoms with van der Waals surface area (Å²) in [6, 6.07) is 32.1. The van der Waals surface area contributed by atoms with Crippen LogP contribution in [0.25, 0.3) is 66.8 Å². The van der Waals surface area contributed by atoms with Gasteiger partial charge < -0.3 is 85.4 Å². The average Bonchev–Trinajstić information content (AvgIpc) is 0.762. The molecule has 0 aromatic heterocycles. The van der Waals surface area contributed by atoms with Crippen molar-refractivity contribution in [2.24, 2.45) is 11.8 Å². The summed E-state index contributed by atoms with van der Waals surface area (Å²) in [6.45, 7) is 1.17. The van der Waals surface area contributed by atoms with Crippen LogP contribution < -0.4 is 41.1 Å². The number of nitrogens with one attached hydrogen (secondary N) is 2. The molecule has 578 valence electrons. The molecule has 106 heavy (non-hydrogen) atoms. The fourth-order valence-corrected chi connectivity index (χ4v) is 17.0. The Hall–Kier alpha value is -6.06. The van der Waals surface area contributed by atoms with E-state index in [1.165, 1.54) is 74.2 Å². The predicted molar refractivity (Wildman–Crippen MR) is 401 cm³/mol. The van der Waals surface area contributed by atoms with E-state index in [1.807, 2.05) is 34.6 Å². The van der Waals surface area contributed by atoms with Crippen LogP contribution in [0.4, 0.5) is 0 Å². The van der Waals surface area contributed by atoms with Gasteiger partial charge in [0.15, 0.2) is 10.9 Å². The molecule has 0 fully saturated rings. The lowest BCUT2D eigenvalue weighted by Crippen LogP contribution is -2.25. The van der Waals surface area contributed by atoms with Crippen LogP contribution >= 0.6 is 52.9 Å². The molecule has 0 spiro atoms. The molecule has 32 heteroatoms. The highest BCUT2D eigenvalue weighted by Gasteiger charge is 2.24. The zero-order valence-corrected chi connectivity index (χ0v) is 64.6. The fraction of sp³-hybridized carbons (Fsp3) is 0.459. The molecule has 8 rings (SSSR count). The summed E-state index contributed by atoms with van der Waals surface area (Å²) in [4.78, 5) is 102. The highest BCUT2D eigenvalue weighted by molar-refractivity contribution is 8.76. The highest BCUT2D eigenvalue weighted by Crippen LogP contribution is 2.46. The van der Waals surface area contributed by atoms with Crippen molar-refractivity contribution < 1.29 is 103 Å². The number of phosphoric acid groups is 4. The largest absolute Gasteiger partial charge is 0.756 e. The molecule has 4 aromatic carbocycles. The number of benzene rings is 6. The number of rotatable bonds is 51. The lowest BCUT2D eigenvalue weighted by molar-refractivity contribution is -0.234. The van der Waals surface area contributed by atoms with Gasteiger partial charge in [-0.05, 0) is 148 Å². The summed E-state index contributed by atoms with van der Waals surface area (Å²) in [6.07, 6.45) is 12.1. The minimum absolute atomic E-state index is 0.00357. The minimum atomic E-state index is -5.13. The first kappa shape index (κ1) is 85.5. The van der Waals surface area contributed by atoms with Gasteiger partial charge in [0, 0.05) is 98.9 Å². The number of phenolic OH excluding ortho intramolecular Hbond substituents is 2. The second-order valence-electron chi connectivity index (χ2n) is 25.6. The Bertz CT molecular complexity index is 4390. The standard InChI is InChI=1S/C74H96N2O24P4S2/c1-3-4-5-17-42-105-106-43-18-9-8-16-37-91-101(83,84)94-40-41-95-104(89,90)98-52-54(22-11-13-36-76-74(82)58-26-20-24-56(45-58)72-65-33-29-61(79)48-69(65)100-70-49-62(80)30-34-66(70)72)51-97-103(87,88)93-39-15-7-6-14-38-92-102(85,86)96-50-53(2)21-10-12-35-75-73(81)57-25-19-23-55(44-57)71-63-31-27-59(77)46-67(63)99-68-47-60(78)28-32-64(68)71/h19-20,23-34,44-49,53-54,77,79H,3-18,21-22,35-43,50-52H2,1-2H3,(H,75,81)(H,76,82)(H,83,84)(H,85,86)(H,87,88)(H,89,90)/p-4. The van der Waals surface area contributed by atoms with Crippen molar-refractivity contribution >= 4 is 86.6 Å². The van der Waals surface area contributed by atoms with Gasteiger partial charge in [-0.1, -0.05) is 117 Å². The topological polar surface area (TPSA) is 393 Å². The predicted octanol–water partition coefficient (Wildman–Crippen LogP) is 14.7. The Balaban J connectivity index is 0.721. The van der Waals surface area contributed by atoms with Gasteiger partial charge in [0.05, 0.1) is 52.9 Å². The lowest BCUT2D eigenvalue weighted by atomic mass is 9.92. The molecule has 0 saturated carbocycles. The molecule has 0 bridgehead atoms. The number of aromatic hydroxyl groups is 2. The minimum Gasteiger partial charge on any atom is -0.756 e.